The molecule has 0 unspecified atom stereocenters. The van der Waals surface area contributed by atoms with Gasteiger partial charge in [0, 0.05) is 44.4 Å². The van der Waals surface area contributed by atoms with Gasteiger partial charge in [-0.25, -0.2) is 0 Å². The minimum atomic E-state index is -0.810. The van der Waals surface area contributed by atoms with Crippen LogP contribution in [-0.2, 0) is 17.3 Å². The third-order valence-corrected chi connectivity index (χ3v) is 5.14. The first kappa shape index (κ1) is 16.7. The molecule has 3 nitrogen and oxygen atoms in total. The third-order valence-electron chi connectivity index (χ3n) is 2.71. The van der Waals surface area contributed by atoms with Crippen molar-refractivity contribution in [2.45, 2.75) is 32.1 Å². The average molecular weight is 348 g/mol. The summed E-state index contributed by atoms with van der Waals surface area (Å²) in [7, 11) is 0.858. The van der Waals surface area contributed by atoms with Crippen molar-refractivity contribution in [1.29, 1.82) is 0 Å². The molecule has 1 aromatic rings. The van der Waals surface area contributed by atoms with Crippen LogP contribution in [0.4, 0.5) is 0 Å². The summed E-state index contributed by atoms with van der Waals surface area (Å²) in [6.07, 6.45) is 0. The van der Waals surface area contributed by atoms with Crippen LogP contribution in [-0.4, -0.2) is 28.4 Å². The van der Waals surface area contributed by atoms with Gasteiger partial charge in [0.15, 0.2) is 0 Å². The van der Waals surface area contributed by atoms with Gasteiger partial charge in [-0.15, -0.1) is 0 Å². The van der Waals surface area contributed by atoms with Gasteiger partial charge in [-0.05, 0) is 39.0 Å². The van der Waals surface area contributed by atoms with E-state index in [2.05, 4.69) is 21.2 Å². The quantitative estimate of drug-likeness (QED) is 0.803. The molecular weight excluding hydrogens is 326 g/mol. The second-order valence-electron chi connectivity index (χ2n) is 5.29. The van der Waals surface area contributed by atoms with Crippen molar-refractivity contribution in [2.24, 2.45) is 0 Å². The molecule has 0 aromatic heterocycles. The lowest BCUT2D eigenvalue weighted by Gasteiger charge is -2.18. The average Bonchev–Trinajstić information content (AvgIpc) is 2.33. The van der Waals surface area contributed by atoms with Gasteiger partial charge in [0.1, 0.15) is 5.75 Å². The Morgan fingerprint density at radius 3 is 2.63 bits per heavy atom. The topological polar surface area (TPSA) is 38.3 Å². The van der Waals surface area contributed by atoms with E-state index in [0.717, 1.165) is 22.3 Å². The second-order valence-corrected chi connectivity index (χ2v) is 8.53. The summed E-state index contributed by atoms with van der Waals surface area (Å²) >= 11 is 3.45. The molecule has 1 aromatic carbocycles. The van der Waals surface area contributed by atoms with Crippen LogP contribution in [0.2, 0.25) is 0 Å². The Morgan fingerprint density at radius 2 is 2.05 bits per heavy atom. The maximum Gasteiger partial charge on any atom is 0.123 e. The maximum absolute atomic E-state index is 11.9. The molecule has 0 aliphatic heterocycles. The molecule has 0 fully saturated rings. The highest BCUT2D eigenvalue weighted by atomic mass is 79.9. The van der Waals surface area contributed by atoms with Crippen molar-refractivity contribution in [1.82, 2.24) is 5.32 Å². The van der Waals surface area contributed by atoms with E-state index in [-0.39, 0.29) is 4.75 Å². The summed E-state index contributed by atoms with van der Waals surface area (Å²) in [4.78, 5) is 0. The molecular formula is C14H22BrNO2S. The summed E-state index contributed by atoms with van der Waals surface area (Å²) < 4.78 is 18.1. The first-order valence-electron chi connectivity index (χ1n) is 6.26. The van der Waals surface area contributed by atoms with Gasteiger partial charge >= 0.3 is 0 Å². The van der Waals surface area contributed by atoms with E-state index in [0.29, 0.717) is 12.3 Å². The number of hydrogen-bond acceptors (Lipinski definition) is 3. The number of ether oxygens (including phenoxy) is 1. The number of benzene rings is 1. The van der Waals surface area contributed by atoms with Crippen molar-refractivity contribution >= 4 is 26.7 Å². The SMILES string of the molecule is COc1ccc(Br)cc1CNCC[S@@](=O)C(C)(C)C. The molecule has 1 N–H and O–H groups in total. The number of halogens is 1. The first-order valence-corrected chi connectivity index (χ1v) is 8.37. The van der Waals surface area contributed by atoms with Gasteiger partial charge in [-0.2, -0.15) is 0 Å². The van der Waals surface area contributed by atoms with Crippen molar-refractivity contribution in [3.63, 3.8) is 0 Å². The van der Waals surface area contributed by atoms with E-state index in [1.807, 2.05) is 39.0 Å². The minimum Gasteiger partial charge on any atom is -0.496 e. The van der Waals surface area contributed by atoms with Gasteiger partial charge < -0.3 is 10.1 Å². The fraction of sp³-hybridized carbons (Fsp3) is 0.571. The number of methoxy groups -OCH3 is 1. The lowest BCUT2D eigenvalue weighted by atomic mass is 10.2. The summed E-state index contributed by atoms with van der Waals surface area (Å²) in [5.41, 5.74) is 1.10. The van der Waals surface area contributed by atoms with Gasteiger partial charge in [-0.1, -0.05) is 15.9 Å². The molecule has 1 atom stereocenters. The first-order chi connectivity index (χ1) is 8.84. The zero-order valence-corrected chi connectivity index (χ0v) is 14.4. The van der Waals surface area contributed by atoms with Crippen LogP contribution in [0, 0.1) is 0 Å². The van der Waals surface area contributed by atoms with Crippen LogP contribution in [0.5, 0.6) is 5.75 Å². The largest absolute Gasteiger partial charge is 0.496 e. The number of rotatable bonds is 6. The number of nitrogens with one attached hydrogen (secondary N) is 1. The standard InChI is InChI=1S/C14H22BrNO2S/c1-14(2,3)19(17)8-7-16-10-11-9-12(15)5-6-13(11)18-4/h5-6,9,16H,7-8,10H2,1-4H3/t19-/m1/s1. The summed E-state index contributed by atoms with van der Waals surface area (Å²) in [5, 5.41) is 3.31. The highest BCUT2D eigenvalue weighted by molar-refractivity contribution is 9.10. The van der Waals surface area contributed by atoms with Crippen molar-refractivity contribution in [2.75, 3.05) is 19.4 Å². The van der Waals surface area contributed by atoms with Crippen LogP contribution in [0.25, 0.3) is 0 Å². The predicted octanol–water partition coefficient (Wildman–Crippen LogP) is 3.09. The minimum absolute atomic E-state index is 0.144. The molecule has 0 amide bonds. The van der Waals surface area contributed by atoms with E-state index in [4.69, 9.17) is 4.74 Å². The molecule has 0 aliphatic rings. The van der Waals surface area contributed by atoms with Crippen LogP contribution in [0.15, 0.2) is 22.7 Å². The fourth-order valence-electron chi connectivity index (χ4n) is 1.58. The van der Waals surface area contributed by atoms with Gasteiger partial charge in [-0.3, -0.25) is 4.21 Å². The van der Waals surface area contributed by atoms with Crippen LogP contribution >= 0.6 is 15.9 Å². The Kier molecular flexibility index (Phi) is 6.50. The monoisotopic (exact) mass is 347 g/mol. The highest BCUT2D eigenvalue weighted by Gasteiger charge is 2.18. The summed E-state index contributed by atoms with van der Waals surface area (Å²) in [5.74, 6) is 1.53. The highest BCUT2D eigenvalue weighted by Crippen LogP contribution is 2.22. The van der Waals surface area contributed by atoms with Crippen LogP contribution < -0.4 is 10.1 Å². The predicted molar refractivity (Wildman–Crippen MR) is 85.2 cm³/mol. The van der Waals surface area contributed by atoms with Crippen LogP contribution in [0.1, 0.15) is 26.3 Å². The van der Waals surface area contributed by atoms with E-state index < -0.39 is 10.8 Å². The third kappa shape index (κ3) is 5.63. The molecule has 19 heavy (non-hydrogen) atoms. The molecule has 0 radical (unpaired) electrons. The smallest absolute Gasteiger partial charge is 0.123 e. The van der Waals surface area contributed by atoms with Crippen LogP contribution in [0.3, 0.4) is 0 Å². The lowest BCUT2D eigenvalue weighted by Crippen LogP contribution is -2.29. The normalized spacial score (nSPS) is 13.3. The van der Waals surface area contributed by atoms with E-state index in [9.17, 15) is 4.21 Å². The summed E-state index contributed by atoms with van der Waals surface area (Å²) in [6.45, 7) is 7.45. The van der Waals surface area contributed by atoms with Crippen molar-refractivity contribution in [3.05, 3.63) is 28.2 Å². The van der Waals surface area contributed by atoms with E-state index in [1.54, 1.807) is 7.11 Å². The molecule has 0 saturated heterocycles. The molecule has 1 rings (SSSR count). The number of hydrogen-bond donors (Lipinski definition) is 1. The lowest BCUT2D eigenvalue weighted by molar-refractivity contribution is 0.408. The Bertz CT molecular complexity index is 444. The van der Waals surface area contributed by atoms with Gasteiger partial charge in [0.25, 0.3) is 0 Å². The Balaban J connectivity index is 2.46. The Hall–Kier alpha value is -0.390. The van der Waals surface area contributed by atoms with Gasteiger partial charge in [0.2, 0.25) is 0 Å². The Morgan fingerprint density at radius 1 is 1.37 bits per heavy atom. The zero-order valence-electron chi connectivity index (χ0n) is 12.0. The van der Waals surface area contributed by atoms with Crippen molar-refractivity contribution < 1.29 is 8.95 Å². The summed E-state index contributed by atoms with van der Waals surface area (Å²) in [6, 6.07) is 5.93. The molecule has 108 valence electrons. The molecule has 0 aliphatic carbocycles. The molecule has 0 spiro atoms. The Labute approximate surface area is 126 Å². The van der Waals surface area contributed by atoms with E-state index in [1.165, 1.54) is 0 Å². The molecule has 0 saturated carbocycles. The van der Waals surface area contributed by atoms with E-state index >= 15 is 0 Å². The fourth-order valence-corrected chi connectivity index (χ4v) is 2.93. The van der Waals surface area contributed by atoms with Crippen molar-refractivity contribution in [3.8, 4) is 5.75 Å². The molecule has 0 heterocycles. The molecule has 0 bridgehead atoms. The second kappa shape index (κ2) is 7.41. The maximum atomic E-state index is 11.9. The molecule has 5 heteroatoms. The van der Waals surface area contributed by atoms with Gasteiger partial charge in [0.05, 0.1) is 7.11 Å². The zero-order chi connectivity index (χ0) is 14.5.